The van der Waals surface area contributed by atoms with Crippen molar-refractivity contribution in [3.05, 3.63) is 29.8 Å². The molecule has 7 heteroatoms. The Hall–Kier alpha value is -2.18. The van der Waals surface area contributed by atoms with E-state index in [4.69, 9.17) is 14.2 Å². The smallest absolute Gasteiger partial charge is 0.340 e. The number of hydrogen-bond donors (Lipinski definition) is 0. The van der Waals surface area contributed by atoms with Crippen LogP contribution >= 0.6 is 0 Å². The fourth-order valence-electron chi connectivity index (χ4n) is 6.19. The third-order valence-electron chi connectivity index (χ3n) is 9.00. The number of carbonyl (C=O) groups is 2. The van der Waals surface area contributed by atoms with E-state index in [2.05, 4.69) is 26.0 Å². The standard InChI is InChI=1S/C35H54F2O5/c1-3-5-7-9-11-32(36)34(38)41-30-19-13-26(14-20-30)25-40-29-21-15-27(16-22-29)28-17-23-31(24-18-28)42-35(39)33(37)12-10-8-6-4-2/h15-16,21-22,26,28,30-33H,3-14,17-20,23-25H2,1-2H3/t26?,28?,30?,31?,32-,33-/m1/s1. The molecule has 0 N–H and O–H groups in total. The molecule has 0 aliphatic heterocycles. The van der Waals surface area contributed by atoms with Crippen molar-refractivity contribution in [2.75, 3.05) is 6.61 Å². The number of rotatable bonds is 18. The molecule has 1 aromatic rings. The molecule has 0 bridgehead atoms. The lowest BCUT2D eigenvalue weighted by Crippen LogP contribution is -2.30. The quantitative estimate of drug-likeness (QED) is 0.126. The highest BCUT2D eigenvalue weighted by Crippen LogP contribution is 2.35. The first kappa shape index (κ1) is 34.3. The normalized spacial score (nSPS) is 24.0. The fraction of sp³-hybridized carbons (Fsp3) is 0.771. The molecule has 2 saturated carbocycles. The predicted molar refractivity (Wildman–Crippen MR) is 162 cm³/mol. The maximum atomic E-state index is 14.2. The molecule has 5 nitrogen and oxygen atoms in total. The molecular formula is C35H54F2O5. The Morgan fingerprint density at radius 2 is 1.17 bits per heavy atom. The molecule has 0 amide bonds. The average molecular weight is 593 g/mol. The Morgan fingerprint density at radius 1 is 0.690 bits per heavy atom. The van der Waals surface area contributed by atoms with E-state index < -0.39 is 24.3 Å². The van der Waals surface area contributed by atoms with Crippen LogP contribution in [-0.2, 0) is 19.1 Å². The van der Waals surface area contributed by atoms with Gasteiger partial charge < -0.3 is 14.2 Å². The van der Waals surface area contributed by atoms with E-state index in [0.717, 1.165) is 108 Å². The first-order valence-electron chi connectivity index (χ1n) is 16.8. The summed E-state index contributed by atoms with van der Waals surface area (Å²) in [6.45, 7) is 4.84. The van der Waals surface area contributed by atoms with Gasteiger partial charge in [0.1, 0.15) is 18.0 Å². The summed E-state index contributed by atoms with van der Waals surface area (Å²) in [5.41, 5.74) is 1.25. The van der Waals surface area contributed by atoms with Crippen molar-refractivity contribution >= 4 is 11.9 Å². The lowest BCUT2D eigenvalue weighted by atomic mass is 9.82. The number of carbonyl (C=O) groups excluding carboxylic acids is 2. The van der Waals surface area contributed by atoms with Crippen LogP contribution in [0.2, 0.25) is 0 Å². The van der Waals surface area contributed by atoms with Crippen LogP contribution in [-0.4, -0.2) is 43.1 Å². The van der Waals surface area contributed by atoms with Gasteiger partial charge in [-0.1, -0.05) is 64.5 Å². The predicted octanol–water partition coefficient (Wildman–Crippen LogP) is 9.35. The first-order chi connectivity index (χ1) is 20.4. The largest absolute Gasteiger partial charge is 0.493 e. The molecule has 2 aliphatic carbocycles. The highest BCUT2D eigenvalue weighted by molar-refractivity contribution is 5.75. The molecule has 2 atom stereocenters. The van der Waals surface area contributed by atoms with Gasteiger partial charge in [0.2, 0.25) is 0 Å². The van der Waals surface area contributed by atoms with Crippen LogP contribution in [0.1, 0.15) is 141 Å². The van der Waals surface area contributed by atoms with Gasteiger partial charge in [0.05, 0.1) is 6.61 Å². The summed E-state index contributed by atoms with van der Waals surface area (Å²) >= 11 is 0. The number of unbranched alkanes of at least 4 members (excludes halogenated alkanes) is 6. The van der Waals surface area contributed by atoms with Crippen LogP contribution in [0.4, 0.5) is 8.78 Å². The lowest BCUT2D eigenvalue weighted by Gasteiger charge is -2.29. The van der Waals surface area contributed by atoms with Crippen LogP contribution in [0, 0.1) is 5.92 Å². The number of alkyl halides is 2. The van der Waals surface area contributed by atoms with Crippen LogP contribution < -0.4 is 4.74 Å². The van der Waals surface area contributed by atoms with E-state index in [-0.39, 0.29) is 25.0 Å². The third kappa shape index (κ3) is 12.2. The van der Waals surface area contributed by atoms with E-state index in [1.54, 1.807) is 0 Å². The first-order valence-corrected chi connectivity index (χ1v) is 16.8. The third-order valence-corrected chi connectivity index (χ3v) is 9.00. The molecule has 1 aromatic carbocycles. The van der Waals surface area contributed by atoms with Crippen molar-refractivity contribution in [2.24, 2.45) is 5.92 Å². The molecule has 238 valence electrons. The molecule has 0 aromatic heterocycles. The zero-order valence-electron chi connectivity index (χ0n) is 26.0. The molecule has 0 spiro atoms. The molecule has 42 heavy (non-hydrogen) atoms. The number of esters is 2. The summed E-state index contributed by atoms with van der Waals surface area (Å²) in [6.07, 6.45) is 11.5. The van der Waals surface area contributed by atoms with Gasteiger partial charge in [-0.2, -0.15) is 0 Å². The minimum absolute atomic E-state index is 0.183. The van der Waals surface area contributed by atoms with Gasteiger partial charge in [0.25, 0.3) is 0 Å². The lowest BCUT2D eigenvalue weighted by molar-refractivity contribution is -0.158. The van der Waals surface area contributed by atoms with Gasteiger partial charge in [-0.3, -0.25) is 0 Å². The minimum Gasteiger partial charge on any atom is -0.493 e. The molecular weight excluding hydrogens is 538 g/mol. The molecule has 0 radical (unpaired) electrons. The zero-order valence-corrected chi connectivity index (χ0v) is 26.0. The highest BCUT2D eigenvalue weighted by Gasteiger charge is 2.29. The summed E-state index contributed by atoms with van der Waals surface area (Å²) in [4.78, 5) is 24.2. The molecule has 0 heterocycles. The average Bonchev–Trinajstić information content (AvgIpc) is 3.01. The van der Waals surface area contributed by atoms with Crippen LogP contribution in [0.15, 0.2) is 24.3 Å². The molecule has 2 fully saturated rings. The van der Waals surface area contributed by atoms with Gasteiger partial charge in [0.15, 0.2) is 12.3 Å². The van der Waals surface area contributed by atoms with E-state index in [1.165, 1.54) is 5.56 Å². The van der Waals surface area contributed by atoms with Crippen molar-refractivity contribution in [3.8, 4) is 5.75 Å². The summed E-state index contributed by atoms with van der Waals surface area (Å²) in [7, 11) is 0. The van der Waals surface area contributed by atoms with Crippen molar-refractivity contribution in [1.29, 1.82) is 0 Å². The second-order valence-electron chi connectivity index (χ2n) is 12.5. The van der Waals surface area contributed by atoms with Gasteiger partial charge in [-0.05, 0) is 107 Å². The minimum atomic E-state index is -1.50. The summed E-state index contributed by atoms with van der Waals surface area (Å²) in [5, 5.41) is 0. The maximum absolute atomic E-state index is 14.2. The van der Waals surface area contributed by atoms with Crippen molar-refractivity contribution in [3.63, 3.8) is 0 Å². The number of benzene rings is 1. The SMILES string of the molecule is CCCCCC[C@@H](F)C(=O)OC1CCC(COc2ccc(C3CCC(OC(=O)[C@H](F)CCCCCC)CC3)cc2)CC1. The summed E-state index contributed by atoms with van der Waals surface area (Å²) < 4.78 is 45.3. The van der Waals surface area contributed by atoms with Gasteiger partial charge in [-0.15, -0.1) is 0 Å². The van der Waals surface area contributed by atoms with Crippen molar-refractivity contribution in [1.82, 2.24) is 0 Å². The number of halogens is 2. The molecule has 0 saturated heterocycles. The zero-order chi connectivity index (χ0) is 30.2. The van der Waals surface area contributed by atoms with Gasteiger partial charge in [-0.25, -0.2) is 18.4 Å². The van der Waals surface area contributed by atoms with Crippen molar-refractivity contribution < 1.29 is 32.6 Å². The van der Waals surface area contributed by atoms with E-state index in [1.807, 2.05) is 12.1 Å². The Balaban J connectivity index is 1.29. The second-order valence-corrected chi connectivity index (χ2v) is 12.5. The van der Waals surface area contributed by atoms with E-state index in [9.17, 15) is 18.4 Å². The molecule has 0 unspecified atom stereocenters. The highest BCUT2D eigenvalue weighted by atomic mass is 19.1. The maximum Gasteiger partial charge on any atom is 0.340 e. The van der Waals surface area contributed by atoms with Crippen LogP contribution in [0.3, 0.4) is 0 Å². The Bertz CT molecular complexity index is 891. The monoisotopic (exact) mass is 592 g/mol. The number of hydrogen-bond acceptors (Lipinski definition) is 5. The van der Waals surface area contributed by atoms with Crippen LogP contribution in [0.25, 0.3) is 0 Å². The Kier molecular flexibility index (Phi) is 15.7. The second kappa shape index (κ2) is 19.2. The number of ether oxygens (including phenoxy) is 3. The van der Waals surface area contributed by atoms with Gasteiger partial charge >= 0.3 is 11.9 Å². The van der Waals surface area contributed by atoms with Crippen LogP contribution in [0.5, 0.6) is 5.75 Å². The van der Waals surface area contributed by atoms with E-state index in [0.29, 0.717) is 18.4 Å². The van der Waals surface area contributed by atoms with Crippen molar-refractivity contribution in [2.45, 2.75) is 160 Å². The Labute approximate surface area is 252 Å². The molecule has 3 rings (SSSR count). The van der Waals surface area contributed by atoms with E-state index >= 15 is 0 Å². The summed E-state index contributed by atoms with van der Waals surface area (Å²) in [6, 6.07) is 8.27. The van der Waals surface area contributed by atoms with Gasteiger partial charge in [0, 0.05) is 0 Å². The topological polar surface area (TPSA) is 61.8 Å². The Morgan fingerprint density at radius 3 is 1.64 bits per heavy atom. The summed E-state index contributed by atoms with van der Waals surface area (Å²) in [5.74, 6) is 0.261. The fourth-order valence-corrected chi connectivity index (χ4v) is 6.19. The molecule has 2 aliphatic rings.